The fraction of sp³-hybridized carbons (Fsp3) is 0.455. The first-order valence-electron chi connectivity index (χ1n) is 11.1. The molecule has 5 amide bonds. The van der Waals surface area contributed by atoms with Crippen molar-refractivity contribution >= 4 is 48.1 Å². The van der Waals surface area contributed by atoms with Crippen LogP contribution >= 0.6 is 12.6 Å². The van der Waals surface area contributed by atoms with Crippen molar-refractivity contribution in [1.82, 2.24) is 16.0 Å². The van der Waals surface area contributed by atoms with Crippen LogP contribution < -0.4 is 33.2 Å². The van der Waals surface area contributed by atoms with E-state index < -0.39 is 59.7 Å². The van der Waals surface area contributed by atoms with Crippen LogP contribution in [0.1, 0.15) is 31.2 Å². The van der Waals surface area contributed by atoms with Gasteiger partial charge in [0.05, 0.1) is 6.04 Å². The topological polar surface area (TPSA) is 237 Å². The van der Waals surface area contributed by atoms with Crippen LogP contribution in [-0.4, -0.2) is 70.5 Å². The van der Waals surface area contributed by atoms with Gasteiger partial charge in [-0.25, -0.2) is 4.79 Å². The van der Waals surface area contributed by atoms with Crippen molar-refractivity contribution < 1.29 is 33.9 Å². The summed E-state index contributed by atoms with van der Waals surface area (Å²) >= 11 is 3.92. The van der Waals surface area contributed by atoms with Gasteiger partial charge in [0, 0.05) is 25.0 Å². The molecule has 0 bridgehead atoms. The van der Waals surface area contributed by atoms with E-state index in [0.29, 0.717) is 5.56 Å². The zero-order valence-corrected chi connectivity index (χ0v) is 20.4. The molecule has 0 saturated carbocycles. The maximum absolute atomic E-state index is 12.9. The number of hydrogen-bond donors (Lipinski definition) is 8. The minimum Gasteiger partial charge on any atom is -0.480 e. The number of hydrogen-bond acceptors (Lipinski definition) is 8. The smallest absolute Gasteiger partial charge is 0.326 e. The second kappa shape index (κ2) is 15.4. The Bertz CT molecular complexity index is 946. The maximum atomic E-state index is 12.9. The highest BCUT2D eigenvalue weighted by molar-refractivity contribution is 7.80. The van der Waals surface area contributed by atoms with Gasteiger partial charge in [-0.1, -0.05) is 30.3 Å². The largest absolute Gasteiger partial charge is 0.480 e. The zero-order chi connectivity index (χ0) is 27.3. The number of carbonyl (C=O) groups excluding carboxylic acids is 5. The van der Waals surface area contributed by atoms with Crippen LogP contribution in [0, 0.1) is 0 Å². The minimum atomic E-state index is -1.37. The highest BCUT2D eigenvalue weighted by Gasteiger charge is 2.30. The number of rotatable bonds is 16. The number of carbonyl (C=O) groups is 6. The molecule has 1 rings (SSSR count). The number of nitrogens with one attached hydrogen (secondary N) is 3. The minimum absolute atomic E-state index is 0.0162. The molecule has 4 atom stereocenters. The maximum Gasteiger partial charge on any atom is 0.326 e. The van der Waals surface area contributed by atoms with Gasteiger partial charge < -0.3 is 38.3 Å². The number of thiol groups is 1. The summed E-state index contributed by atoms with van der Waals surface area (Å²) in [6.07, 6.45) is -1.01. The van der Waals surface area contributed by atoms with Gasteiger partial charge in [0.1, 0.15) is 18.1 Å². The molecule has 0 aromatic heterocycles. The second-order valence-electron chi connectivity index (χ2n) is 8.01. The molecule has 0 fully saturated rings. The molecule has 1 aromatic carbocycles. The third-order valence-electron chi connectivity index (χ3n) is 5.06. The molecule has 13 nitrogen and oxygen atoms in total. The van der Waals surface area contributed by atoms with E-state index in [4.69, 9.17) is 17.2 Å². The summed E-state index contributed by atoms with van der Waals surface area (Å²) in [5, 5.41) is 16.7. The quantitative estimate of drug-likeness (QED) is 0.108. The van der Waals surface area contributed by atoms with Crippen molar-refractivity contribution in [2.45, 2.75) is 56.3 Å². The predicted molar refractivity (Wildman–Crippen MR) is 132 cm³/mol. The first-order chi connectivity index (χ1) is 16.9. The second-order valence-corrected chi connectivity index (χ2v) is 8.38. The molecule has 4 unspecified atom stereocenters. The molecular weight excluding hydrogens is 492 g/mol. The molecule has 0 aliphatic carbocycles. The lowest BCUT2D eigenvalue weighted by molar-refractivity contribution is -0.142. The van der Waals surface area contributed by atoms with E-state index in [-0.39, 0.29) is 37.9 Å². The number of carboxylic acids is 1. The molecule has 1 aromatic rings. The average molecular weight is 525 g/mol. The van der Waals surface area contributed by atoms with E-state index in [9.17, 15) is 33.9 Å². The third-order valence-corrected chi connectivity index (χ3v) is 5.45. The van der Waals surface area contributed by atoms with Crippen molar-refractivity contribution in [1.29, 1.82) is 0 Å². The molecule has 36 heavy (non-hydrogen) atoms. The van der Waals surface area contributed by atoms with E-state index in [1.807, 2.05) is 0 Å². The first kappa shape index (κ1) is 30.4. The molecule has 0 spiro atoms. The first-order valence-corrected chi connectivity index (χ1v) is 11.7. The Morgan fingerprint density at radius 1 is 0.778 bits per heavy atom. The molecule has 0 heterocycles. The fourth-order valence-corrected chi connectivity index (χ4v) is 3.23. The standard InChI is InChI=1S/C22H32N6O7S/c23-13(11-36)19(31)26-14(6-8-17(24)29)20(32)27-15(7-9-18(25)30)21(33)28-16(22(34)35)10-12-4-2-1-3-5-12/h1-5,13-16,36H,6-11,23H2,(H2,24,29)(H2,25,30)(H,26,31)(H,27,32)(H,28,33)(H,34,35). The highest BCUT2D eigenvalue weighted by atomic mass is 32.1. The van der Waals surface area contributed by atoms with Crippen molar-refractivity contribution in [3.05, 3.63) is 35.9 Å². The van der Waals surface area contributed by atoms with E-state index in [2.05, 4.69) is 28.6 Å². The van der Waals surface area contributed by atoms with Gasteiger partial charge >= 0.3 is 5.97 Å². The van der Waals surface area contributed by atoms with Gasteiger partial charge in [-0.05, 0) is 18.4 Å². The van der Waals surface area contributed by atoms with Crippen molar-refractivity contribution in [2.24, 2.45) is 17.2 Å². The van der Waals surface area contributed by atoms with Gasteiger partial charge in [-0.2, -0.15) is 12.6 Å². The number of nitrogens with two attached hydrogens (primary N) is 3. The molecule has 0 aliphatic rings. The monoisotopic (exact) mass is 524 g/mol. The van der Waals surface area contributed by atoms with Gasteiger partial charge in [0.25, 0.3) is 0 Å². The fourth-order valence-electron chi connectivity index (χ4n) is 3.07. The van der Waals surface area contributed by atoms with Crippen LogP contribution in [0.25, 0.3) is 0 Å². The molecule has 0 aliphatic heterocycles. The molecule has 14 heteroatoms. The summed E-state index contributed by atoms with van der Waals surface area (Å²) in [7, 11) is 0. The van der Waals surface area contributed by atoms with Crippen LogP contribution in [0.5, 0.6) is 0 Å². The van der Waals surface area contributed by atoms with Crippen LogP contribution in [0.4, 0.5) is 0 Å². The summed E-state index contributed by atoms with van der Waals surface area (Å²) in [6.45, 7) is 0. The van der Waals surface area contributed by atoms with E-state index in [1.54, 1.807) is 30.3 Å². The lowest BCUT2D eigenvalue weighted by Gasteiger charge is -2.25. The average Bonchev–Trinajstić information content (AvgIpc) is 2.83. The van der Waals surface area contributed by atoms with E-state index in [1.165, 1.54) is 0 Å². The number of amides is 5. The van der Waals surface area contributed by atoms with Crippen molar-refractivity contribution in [2.75, 3.05) is 5.75 Å². The molecule has 198 valence electrons. The van der Waals surface area contributed by atoms with Crippen LogP contribution in [0.15, 0.2) is 30.3 Å². The van der Waals surface area contributed by atoms with Crippen LogP contribution in [0.3, 0.4) is 0 Å². The molecule has 10 N–H and O–H groups in total. The molecular formula is C22H32N6O7S. The summed E-state index contributed by atoms with van der Waals surface area (Å²) < 4.78 is 0. The van der Waals surface area contributed by atoms with Gasteiger partial charge in [0.15, 0.2) is 0 Å². The Hall–Kier alpha value is -3.65. The molecule has 0 radical (unpaired) electrons. The van der Waals surface area contributed by atoms with Crippen LogP contribution in [-0.2, 0) is 35.2 Å². The predicted octanol–water partition coefficient (Wildman–Crippen LogP) is -2.44. The molecule has 0 saturated heterocycles. The van der Waals surface area contributed by atoms with Crippen LogP contribution in [0.2, 0.25) is 0 Å². The Labute approximate surface area is 213 Å². The number of carboxylic acid groups (broad SMARTS) is 1. The van der Waals surface area contributed by atoms with Gasteiger partial charge in [-0.15, -0.1) is 0 Å². The number of aliphatic carboxylic acids is 1. The zero-order valence-electron chi connectivity index (χ0n) is 19.5. The Balaban J connectivity index is 3.04. The SMILES string of the molecule is NC(=O)CCC(NC(=O)C(N)CS)C(=O)NC(CCC(N)=O)C(=O)NC(Cc1ccccc1)C(=O)O. The summed E-state index contributed by atoms with van der Waals surface area (Å²) in [6, 6.07) is 3.54. The summed E-state index contributed by atoms with van der Waals surface area (Å²) in [5.41, 5.74) is 16.6. The van der Waals surface area contributed by atoms with Gasteiger partial charge in [0.2, 0.25) is 29.5 Å². The normalized spacial score (nSPS) is 13.9. The van der Waals surface area contributed by atoms with Gasteiger partial charge in [-0.3, -0.25) is 24.0 Å². The Kier molecular flexibility index (Phi) is 13.0. The summed E-state index contributed by atoms with van der Waals surface area (Å²) in [4.78, 5) is 72.3. The Morgan fingerprint density at radius 3 is 1.64 bits per heavy atom. The van der Waals surface area contributed by atoms with Crippen molar-refractivity contribution in [3.63, 3.8) is 0 Å². The lowest BCUT2D eigenvalue weighted by atomic mass is 10.0. The van der Waals surface area contributed by atoms with Crippen molar-refractivity contribution in [3.8, 4) is 0 Å². The number of benzene rings is 1. The number of primary amides is 2. The van der Waals surface area contributed by atoms with E-state index >= 15 is 0 Å². The van der Waals surface area contributed by atoms with E-state index in [0.717, 1.165) is 0 Å². The third kappa shape index (κ3) is 11.2. The highest BCUT2D eigenvalue weighted by Crippen LogP contribution is 2.07. The summed E-state index contributed by atoms with van der Waals surface area (Å²) in [5.74, 6) is -5.26. The lowest BCUT2D eigenvalue weighted by Crippen LogP contribution is -2.57. The Morgan fingerprint density at radius 2 is 1.22 bits per heavy atom.